The Morgan fingerprint density at radius 2 is 1.83 bits per heavy atom. The normalized spacial score (nSPS) is 13.0. The van der Waals surface area contributed by atoms with Gasteiger partial charge in [-0.25, -0.2) is 4.68 Å². The minimum absolute atomic E-state index is 0.0243. The van der Waals surface area contributed by atoms with Crippen LogP contribution in [0.4, 0.5) is 0 Å². The molecule has 1 N–H and O–H groups in total. The lowest BCUT2D eigenvalue weighted by Crippen LogP contribution is -2.37. The highest BCUT2D eigenvalue weighted by molar-refractivity contribution is 5.83. The molecular formula is C29H38N6O. The van der Waals surface area contributed by atoms with Crippen molar-refractivity contribution in [1.29, 1.82) is 0 Å². The van der Waals surface area contributed by atoms with Crippen LogP contribution in [0.2, 0.25) is 0 Å². The van der Waals surface area contributed by atoms with E-state index in [4.69, 9.17) is 0 Å². The maximum Gasteiger partial charge on any atom is 0.252 e. The number of aromatic nitrogens is 5. The number of hydrogen-bond acceptors (Lipinski definition) is 5. The van der Waals surface area contributed by atoms with Crippen LogP contribution in [-0.4, -0.2) is 36.6 Å². The zero-order chi connectivity index (χ0) is 25.9. The number of hydrogen-bond donors (Lipinski definition) is 1. The van der Waals surface area contributed by atoms with Gasteiger partial charge in [0.05, 0.1) is 11.6 Å². The molecule has 0 amide bonds. The summed E-state index contributed by atoms with van der Waals surface area (Å²) in [7, 11) is 0. The van der Waals surface area contributed by atoms with Gasteiger partial charge in [0.1, 0.15) is 0 Å². The Kier molecular flexibility index (Phi) is 7.69. The first-order valence-corrected chi connectivity index (χ1v) is 12.9. The average molecular weight is 487 g/mol. The molecule has 4 aromatic rings. The third kappa shape index (κ3) is 5.41. The fourth-order valence-corrected chi connectivity index (χ4v) is 4.90. The van der Waals surface area contributed by atoms with Gasteiger partial charge < -0.3 is 4.98 Å². The second-order valence-electron chi connectivity index (χ2n) is 10.4. The molecule has 190 valence electrons. The Bertz CT molecular complexity index is 1370. The molecule has 4 rings (SSSR count). The molecule has 0 unspecified atom stereocenters. The van der Waals surface area contributed by atoms with Gasteiger partial charge in [0, 0.05) is 29.6 Å². The SMILES string of the molecule is CC[C@@H](c1nnnn1C(C)(C)CC)N(CCc1ccccc1)Cc1cc2c(C)cc(C)cc2[nH]c1=O. The minimum Gasteiger partial charge on any atom is -0.322 e. The monoisotopic (exact) mass is 486 g/mol. The number of rotatable bonds is 10. The third-order valence-corrected chi connectivity index (χ3v) is 7.35. The molecular weight excluding hydrogens is 448 g/mol. The first-order chi connectivity index (χ1) is 17.2. The van der Waals surface area contributed by atoms with Crippen LogP contribution < -0.4 is 5.56 Å². The summed E-state index contributed by atoms with van der Waals surface area (Å²) >= 11 is 0. The van der Waals surface area contributed by atoms with E-state index in [1.165, 1.54) is 11.1 Å². The fraction of sp³-hybridized carbons (Fsp3) is 0.448. The van der Waals surface area contributed by atoms with Crippen LogP contribution in [0.3, 0.4) is 0 Å². The number of H-pyrrole nitrogens is 1. The molecule has 2 heterocycles. The molecule has 0 saturated carbocycles. The highest BCUT2D eigenvalue weighted by atomic mass is 16.1. The molecule has 0 radical (unpaired) electrons. The van der Waals surface area contributed by atoms with E-state index >= 15 is 0 Å². The maximum atomic E-state index is 13.2. The van der Waals surface area contributed by atoms with Crippen molar-refractivity contribution in [3.8, 4) is 0 Å². The standard InChI is InChI=1S/C29H38N6O/c1-7-26(27-31-32-33-35(27)29(5,6)8-2)34(15-14-22-12-10-9-11-13-22)19-23-18-24-21(4)16-20(3)17-25(24)30-28(23)36/h9-13,16-18,26H,7-8,14-15,19H2,1-6H3,(H,30,36)/t26-/m0/s1. The molecule has 0 bridgehead atoms. The summed E-state index contributed by atoms with van der Waals surface area (Å²) in [6.07, 6.45) is 2.62. The number of benzene rings is 2. The second-order valence-corrected chi connectivity index (χ2v) is 10.4. The second kappa shape index (κ2) is 10.7. The van der Waals surface area contributed by atoms with Crippen LogP contribution in [0.15, 0.2) is 53.3 Å². The lowest BCUT2D eigenvalue weighted by molar-refractivity contribution is 0.160. The zero-order valence-electron chi connectivity index (χ0n) is 22.4. The molecule has 0 aliphatic carbocycles. The van der Waals surface area contributed by atoms with Gasteiger partial charge in [-0.15, -0.1) is 5.10 Å². The number of tetrazole rings is 1. The van der Waals surface area contributed by atoms with E-state index in [2.05, 4.69) is 103 Å². The summed E-state index contributed by atoms with van der Waals surface area (Å²) in [5.41, 5.74) is 4.98. The number of aromatic amines is 1. The van der Waals surface area contributed by atoms with Crippen LogP contribution in [0.1, 0.15) is 74.7 Å². The van der Waals surface area contributed by atoms with E-state index in [1.54, 1.807) is 0 Å². The van der Waals surface area contributed by atoms with E-state index in [-0.39, 0.29) is 17.1 Å². The molecule has 2 aromatic carbocycles. The average Bonchev–Trinajstić information content (AvgIpc) is 3.35. The summed E-state index contributed by atoms with van der Waals surface area (Å²) < 4.78 is 1.97. The van der Waals surface area contributed by atoms with Gasteiger partial charge in [-0.3, -0.25) is 9.69 Å². The first kappa shape index (κ1) is 25.8. The van der Waals surface area contributed by atoms with Crippen LogP contribution in [0.25, 0.3) is 10.9 Å². The van der Waals surface area contributed by atoms with E-state index in [0.717, 1.165) is 53.7 Å². The van der Waals surface area contributed by atoms with Gasteiger partial charge in [-0.2, -0.15) is 0 Å². The Morgan fingerprint density at radius 3 is 2.53 bits per heavy atom. The van der Waals surface area contributed by atoms with Crippen molar-refractivity contribution in [2.75, 3.05) is 6.54 Å². The van der Waals surface area contributed by atoms with Crippen molar-refractivity contribution >= 4 is 10.9 Å². The molecule has 7 heteroatoms. The Labute approximate surface area is 213 Å². The van der Waals surface area contributed by atoms with Crippen molar-refractivity contribution in [2.24, 2.45) is 0 Å². The van der Waals surface area contributed by atoms with E-state index in [1.807, 2.05) is 16.8 Å². The van der Waals surface area contributed by atoms with Crippen molar-refractivity contribution in [2.45, 2.75) is 78.9 Å². The predicted octanol–water partition coefficient (Wildman–Crippen LogP) is 5.47. The maximum absolute atomic E-state index is 13.2. The van der Waals surface area contributed by atoms with E-state index in [0.29, 0.717) is 6.54 Å². The quantitative estimate of drug-likeness (QED) is 0.321. The van der Waals surface area contributed by atoms with Crippen LogP contribution in [0, 0.1) is 13.8 Å². The van der Waals surface area contributed by atoms with Crippen molar-refractivity contribution < 1.29 is 0 Å². The molecule has 0 aliphatic heterocycles. The van der Waals surface area contributed by atoms with Crippen molar-refractivity contribution in [3.05, 3.63) is 87.0 Å². The summed E-state index contributed by atoms with van der Waals surface area (Å²) in [6.45, 7) is 14.1. The summed E-state index contributed by atoms with van der Waals surface area (Å²) in [5, 5.41) is 14.0. The van der Waals surface area contributed by atoms with Crippen LogP contribution in [-0.2, 0) is 18.5 Å². The third-order valence-electron chi connectivity index (χ3n) is 7.35. The molecule has 0 saturated heterocycles. The molecule has 0 fully saturated rings. The molecule has 0 aliphatic rings. The summed E-state index contributed by atoms with van der Waals surface area (Å²) in [6, 6.07) is 16.7. The highest BCUT2D eigenvalue weighted by Gasteiger charge is 2.31. The molecule has 1 atom stereocenters. The van der Waals surface area contributed by atoms with Crippen molar-refractivity contribution in [1.82, 2.24) is 30.1 Å². The first-order valence-electron chi connectivity index (χ1n) is 12.9. The molecule has 0 spiro atoms. The van der Waals surface area contributed by atoms with Gasteiger partial charge >= 0.3 is 0 Å². The van der Waals surface area contributed by atoms with Gasteiger partial charge in [0.15, 0.2) is 5.82 Å². The Balaban J connectivity index is 1.74. The molecule has 7 nitrogen and oxygen atoms in total. The van der Waals surface area contributed by atoms with Gasteiger partial charge in [0.2, 0.25) is 0 Å². The van der Waals surface area contributed by atoms with Crippen LogP contribution in [0.5, 0.6) is 0 Å². The van der Waals surface area contributed by atoms with E-state index < -0.39 is 0 Å². The smallest absolute Gasteiger partial charge is 0.252 e. The van der Waals surface area contributed by atoms with Gasteiger partial charge in [0.25, 0.3) is 5.56 Å². The molecule has 2 aromatic heterocycles. The Morgan fingerprint density at radius 1 is 1.08 bits per heavy atom. The largest absolute Gasteiger partial charge is 0.322 e. The lowest BCUT2D eigenvalue weighted by Gasteiger charge is -2.33. The topological polar surface area (TPSA) is 79.7 Å². The highest BCUT2D eigenvalue weighted by Crippen LogP contribution is 2.29. The summed E-state index contributed by atoms with van der Waals surface area (Å²) in [5.74, 6) is 0.849. The zero-order valence-corrected chi connectivity index (χ0v) is 22.4. The number of nitrogens with one attached hydrogen (secondary N) is 1. The fourth-order valence-electron chi connectivity index (χ4n) is 4.90. The van der Waals surface area contributed by atoms with Gasteiger partial charge in [-0.05, 0) is 86.2 Å². The van der Waals surface area contributed by atoms with E-state index in [9.17, 15) is 4.79 Å². The van der Waals surface area contributed by atoms with Crippen LogP contribution >= 0.6 is 0 Å². The number of aryl methyl sites for hydroxylation is 2. The molecule has 36 heavy (non-hydrogen) atoms. The van der Waals surface area contributed by atoms with Gasteiger partial charge in [-0.1, -0.05) is 50.2 Å². The lowest BCUT2D eigenvalue weighted by atomic mass is 10.0. The summed E-state index contributed by atoms with van der Waals surface area (Å²) in [4.78, 5) is 18.7. The Hall–Kier alpha value is -3.32. The predicted molar refractivity (Wildman–Crippen MR) is 145 cm³/mol. The minimum atomic E-state index is -0.202. The number of pyridine rings is 1. The van der Waals surface area contributed by atoms with Crippen molar-refractivity contribution in [3.63, 3.8) is 0 Å². The number of nitrogens with zero attached hydrogens (tertiary/aromatic N) is 5. The number of fused-ring (bicyclic) bond motifs is 1.